The van der Waals surface area contributed by atoms with Crippen LogP contribution in [0.4, 0.5) is 0 Å². The Morgan fingerprint density at radius 1 is 1.06 bits per heavy atom. The molecule has 5 unspecified atom stereocenters. The fourth-order valence-electron chi connectivity index (χ4n) is 3.49. The van der Waals surface area contributed by atoms with E-state index in [0.717, 1.165) is 10.9 Å². The lowest BCUT2D eigenvalue weighted by molar-refractivity contribution is -0.143. The molecule has 2 rings (SSSR count). The Hall–Kier alpha value is -3.13. The number of nitrogens with two attached hydrogens (primary N) is 1. The third-order valence-electron chi connectivity index (χ3n) is 5.56. The molecular weight excluding hydrogens is 490 g/mol. The van der Waals surface area contributed by atoms with Crippen LogP contribution in [0, 0.1) is 0 Å². The van der Waals surface area contributed by atoms with Gasteiger partial charge in [0.05, 0.1) is 18.8 Å². The van der Waals surface area contributed by atoms with Crippen LogP contribution in [-0.4, -0.2) is 92.9 Å². The van der Waals surface area contributed by atoms with Crippen molar-refractivity contribution in [1.29, 1.82) is 0 Å². The molecule has 0 aliphatic heterocycles. The Morgan fingerprint density at radius 2 is 1.72 bits per heavy atom. The van der Waals surface area contributed by atoms with Crippen molar-refractivity contribution in [2.45, 2.75) is 50.0 Å². The second-order valence-electron chi connectivity index (χ2n) is 8.32. The minimum Gasteiger partial charge on any atom is -0.480 e. The number of rotatable bonds is 14. The zero-order valence-electron chi connectivity index (χ0n) is 20.1. The number of thioether (sulfide) groups is 1. The van der Waals surface area contributed by atoms with E-state index in [1.165, 1.54) is 18.7 Å². The van der Waals surface area contributed by atoms with Crippen molar-refractivity contribution >= 4 is 46.4 Å². The highest BCUT2D eigenvalue weighted by molar-refractivity contribution is 7.98. The monoisotopic (exact) mass is 523 g/mol. The average molecular weight is 524 g/mol. The van der Waals surface area contributed by atoms with Gasteiger partial charge in [0.2, 0.25) is 17.7 Å². The number of nitrogens with one attached hydrogen (secondary N) is 4. The number of amides is 3. The van der Waals surface area contributed by atoms with E-state index in [1.54, 1.807) is 12.3 Å². The molecule has 2 aromatic rings. The summed E-state index contributed by atoms with van der Waals surface area (Å²) in [5, 5.41) is 36.6. The molecule has 0 bridgehead atoms. The largest absolute Gasteiger partial charge is 0.480 e. The fourth-order valence-corrected chi connectivity index (χ4v) is 3.98. The van der Waals surface area contributed by atoms with Gasteiger partial charge in [-0.3, -0.25) is 14.4 Å². The average Bonchev–Trinajstić information content (AvgIpc) is 3.25. The summed E-state index contributed by atoms with van der Waals surface area (Å²) in [7, 11) is 0. The summed E-state index contributed by atoms with van der Waals surface area (Å²) in [5.41, 5.74) is 7.32. The van der Waals surface area contributed by atoms with Crippen LogP contribution in [0.15, 0.2) is 30.5 Å². The van der Waals surface area contributed by atoms with E-state index < -0.39 is 60.6 Å². The lowest BCUT2D eigenvalue weighted by Crippen LogP contribution is -2.60. The van der Waals surface area contributed by atoms with E-state index in [-0.39, 0.29) is 6.42 Å². The van der Waals surface area contributed by atoms with Crippen LogP contribution in [0.3, 0.4) is 0 Å². The predicted molar refractivity (Wildman–Crippen MR) is 135 cm³/mol. The number of carboxylic acid groups (broad SMARTS) is 1. The quantitative estimate of drug-likeness (QED) is 0.148. The maximum Gasteiger partial charge on any atom is 0.328 e. The van der Waals surface area contributed by atoms with Crippen molar-refractivity contribution in [2.24, 2.45) is 5.73 Å². The standard InChI is InChI=1S/C23H33N5O7S/c1-12(30)19(28-20(31)15(24)7-8-36-2)22(33)26-17(21(32)27-18(11-29)23(34)35)9-13-10-25-16-6-4-3-5-14(13)16/h3-6,10,12,15,17-19,25,29-30H,7-9,11,24H2,1-2H3,(H,26,33)(H,27,32)(H,28,31)(H,34,35). The molecule has 5 atom stereocenters. The first kappa shape index (κ1) is 29.1. The molecule has 1 aromatic carbocycles. The number of hydrogen-bond donors (Lipinski definition) is 8. The third kappa shape index (κ3) is 7.95. The fraction of sp³-hybridized carbons (Fsp3) is 0.478. The summed E-state index contributed by atoms with van der Waals surface area (Å²) in [6.45, 7) is 0.452. The Morgan fingerprint density at radius 3 is 2.33 bits per heavy atom. The molecule has 0 aliphatic carbocycles. The van der Waals surface area contributed by atoms with Crippen LogP contribution in [-0.2, 0) is 25.6 Å². The number of aliphatic carboxylic acids is 1. The number of H-pyrrole nitrogens is 1. The van der Waals surface area contributed by atoms with Gasteiger partial charge < -0.3 is 42.0 Å². The van der Waals surface area contributed by atoms with E-state index in [9.17, 15) is 34.5 Å². The van der Waals surface area contributed by atoms with Gasteiger partial charge in [-0.25, -0.2) is 4.79 Å². The molecule has 12 nitrogen and oxygen atoms in total. The number of aromatic nitrogens is 1. The normalized spacial score (nSPS) is 15.4. The van der Waals surface area contributed by atoms with Gasteiger partial charge in [0.25, 0.3) is 0 Å². The number of carbonyl (C=O) groups is 4. The summed E-state index contributed by atoms with van der Waals surface area (Å²) < 4.78 is 0. The summed E-state index contributed by atoms with van der Waals surface area (Å²) in [5.74, 6) is -3.16. The van der Waals surface area contributed by atoms with Crippen molar-refractivity contribution in [3.8, 4) is 0 Å². The second-order valence-corrected chi connectivity index (χ2v) is 9.31. The highest BCUT2D eigenvalue weighted by Gasteiger charge is 2.32. The van der Waals surface area contributed by atoms with Gasteiger partial charge in [0.15, 0.2) is 0 Å². The maximum atomic E-state index is 13.1. The van der Waals surface area contributed by atoms with Gasteiger partial charge >= 0.3 is 5.97 Å². The summed E-state index contributed by atoms with van der Waals surface area (Å²) in [6, 6.07) is 2.11. The summed E-state index contributed by atoms with van der Waals surface area (Å²) >= 11 is 1.51. The molecule has 0 saturated heterocycles. The van der Waals surface area contributed by atoms with Crippen LogP contribution in [0.25, 0.3) is 10.9 Å². The number of fused-ring (bicyclic) bond motifs is 1. The zero-order chi connectivity index (χ0) is 26.8. The molecule has 1 heterocycles. The lowest BCUT2D eigenvalue weighted by atomic mass is 10.0. The number of carbonyl (C=O) groups excluding carboxylic acids is 3. The van der Waals surface area contributed by atoms with E-state index in [2.05, 4.69) is 20.9 Å². The highest BCUT2D eigenvalue weighted by Crippen LogP contribution is 2.19. The van der Waals surface area contributed by atoms with E-state index in [4.69, 9.17) is 5.73 Å². The molecule has 0 aliphatic rings. The number of para-hydroxylation sites is 1. The molecule has 0 saturated carbocycles. The van der Waals surface area contributed by atoms with E-state index in [1.807, 2.05) is 24.5 Å². The number of carboxylic acids is 1. The third-order valence-corrected chi connectivity index (χ3v) is 6.21. The number of hydrogen-bond acceptors (Lipinski definition) is 8. The predicted octanol–water partition coefficient (Wildman–Crippen LogP) is -1.30. The van der Waals surface area contributed by atoms with Crippen molar-refractivity contribution in [1.82, 2.24) is 20.9 Å². The van der Waals surface area contributed by atoms with Crippen molar-refractivity contribution < 1.29 is 34.5 Å². The Bertz CT molecular complexity index is 1060. The number of aromatic amines is 1. The van der Waals surface area contributed by atoms with Gasteiger partial charge in [-0.1, -0.05) is 18.2 Å². The summed E-state index contributed by atoms with van der Waals surface area (Å²) in [4.78, 5) is 52.8. The molecular formula is C23H33N5O7S. The second kappa shape index (κ2) is 13.8. The smallest absolute Gasteiger partial charge is 0.328 e. The number of benzene rings is 1. The molecule has 198 valence electrons. The Labute approximate surface area is 212 Å². The molecule has 13 heteroatoms. The van der Waals surface area contributed by atoms with Crippen LogP contribution in [0.5, 0.6) is 0 Å². The van der Waals surface area contributed by atoms with Crippen molar-refractivity contribution in [3.05, 3.63) is 36.0 Å². The van der Waals surface area contributed by atoms with Gasteiger partial charge in [0, 0.05) is 23.5 Å². The number of aliphatic hydroxyl groups is 2. The van der Waals surface area contributed by atoms with Crippen LogP contribution in [0.2, 0.25) is 0 Å². The highest BCUT2D eigenvalue weighted by atomic mass is 32.2. The maximum absolute atomic E-state index is 13.1. The first-order valence-corrected chi connectivity index (χ1v) is 12.7. The lowest BCUT2D eigenvalue weighted by Gasteiger charge is -2.26. The SMILES string of the molecule is CSCCC(N)C(=O)NC(C(=O)NC(Cc1c[nH]c2ccccc12)C(=O)NC(CO)C(=O)O)C(C)O. The molecule has 0 fully saturated rings. The molecule has 1 aromatic heterocycles. The van der Waals surface area contributed by atoms with Crippen molar-refractivity contribution in [2.75, 3.05) is 18.6 Å². The van der Waals surface area contributed by atoms with Crippen molar-refractivity contribution in [3.63, 3.8) is 0 Å². The number of aliphatic hydroxyl groups excluding tert-OH is 2. The van der Waals surface area contributed by atoms with Gasteiger partial charge in [-0.15, -0.1) is 0 Å². The van der Waals surface area contributed by atoms with Gasteiger partial charge in [0.1, 0.15) is 18.1 Å². The Balaban J connectivity index is 2.26. The molecule has 0 spiro atoms. The molecule has 0 radical (unpaired) electrons. The van der Waals surface area contributed by atoms with Crippen LogP contribution >= 0.6 is 11.8 Å². The minimum atomic E-state index is -1.58. The molecule has 3 amide bonds. The zero-order valence-corrected chi connectivity index (χ0v) is 20.9. The molecule has 36 heavy (non-hydrogen) atoms. The van der Waals surface area contributed by atoms with Gasteiger partial charge in [-0.05, 0) is 37.0 Å². The van der Waals surface area contributed by atoms with Gasteiger partial charge in [-0.2, -0.15) is 11.8 Å². The first-order chi connectivity index (χ1) is 17.1. The van der Waals surface area contributed by atoms with Crippen LogP contribution < -0.4 is 21.7 Å². The topological polar surface area (TPSA) is 207 Å². The summed E-state index contributed by atoms with van der Waals surface area (Å²) in [6.07, 6.45) is 2.54. The Kier molecular flexibility index (Phi) is 11.2. The first-order valence-electron chi connectivity index (χ1n) is 11.3. The van der Waals surface area contributed by atoms with E-state index in [0.29, 0.717) is 17.7 Å². The minimum absolute atomic E-state index is 0.0347. The van der Waals surface area contributed by atoms with E-state index >= 15 is 0 Å². The molecule has 9 N–H and O–H groups in total. The van der Waals surface area contributed by atoms with Crippen LogP contribution in [0.1, 0.15) is 18.9 Å².